The van der Waals surface area contributed by atoms with Gasteiger partial charge >= 0.3 is 0 Å². The molecule has 0 aliphatic carbocycles. The van der Waals surface area contributed by atoms with Crippen LogP contribution in [0.25, 0.3) is 0 Å². The Balaban J connectivity index is 2.79. The van der Waals surface area contributed by atoms with Crippen molar-refractivity contribution >= 4 is 0 Å². The standard InChI is InChI=1S/C14H26N4/c1-9(7-15)13(17)11-3-5-12(6-4-11)14(18)10(2)8-16/h3-6,9-10,13-14H,7-8,15-18H2,1-2H3. The van der Waals surface area contributed by atoms with E-state index in [4.69, 9.17) is 22.9 Å². The molecular formula is C14H26N4. The quantitative estimate of drug-likeness (QED) is 0.601. The molecule has 4 heteroatoms. The van der Waals surface area contributed by atoms with Crippen molar-refractivity contribution in [2.75, 3.05) is 13.1 Å². The summed E-state index contributed by atoms with van der Waals surface area (Å²) in [7, 11) is 0. The average molecular weight is 250 g/mol. The van der Waals surface area contributed by atoms with Gasteiger partial charge in [0.05, 0.1) is 0 Å². The van der Waals surface area contributed by atoms with E-state index in [0.717, 1.165) is 11.1 Å². The molecule has 0 aliphatic heterocycles. The lowest BCUT2D eigenvalue weighted by Gasteiger charge is -2.21. The topological polar surface area (TPSA) is 104 Å². The third-order valence-electron chi connectivity index (χ3n) is 3.68. The Labute approximate surface area is 110 Å². The molecule has 0 bridgehead atoms. The first-order valence-corrected chi connectivity index (χ1v) is 6.52. The van der Waals surface area contributed by atoms with E-state index in [-0.39, 0.29) is 23.9 Å². The lowest BCUT2D eigenvalue weighted by molar-refractivity contribution is 0.475. The summed E-state index contributed by atoms with van der Waals surface area (Å²) in [6, 6.07) is 8.11. The fraction of sp³-hybridized carbons (Fsp3) is 0.571. The first-order valence-electron chi connectivity index (χ1n) is 6.52. The van der Waals surface area contributed by atoms with Crippen LogP contribution in [-0.4, -0.2) is 13.1 Å². The molecule has 0 fully saturated rings. The monoisotopic (exact) mass is 250 g/mol. The fourth-order valence-electron chi connectivity index (χ4n) is 1.89. The number of hydrogen-bond acceptors (Lipinski definition) is 4. The van der Waals surface area contributed by atoms with Crippen molar-refractivity contribution in [3.8, 4) is 0 Å². The van der Waals surface area contributed by atoms with Crippen LogP contribution in [0.2, 0.25) is 0 Å². The van der Waals surface area contributed by atoms with Gasteiger partial charge in [-0.1, -0.05) is 38.1 Å². The van der Waals surface area contributed by atoms with E-state index < -0.39 is 0 Å². The van der Waals surface area contributed by atoms with Crippen LogP contribution in [-0.2, 0) is 0 Å². The first kappa shape index (κ1) is 15.1. The number of rotatable bonds is 6. The lowest BCUT2D eigenvalue weighted by Crippen LogP contribution is -2.26. The van der Waals surface area contributed by atoms with Crippen LogP contribution in [0, 0.1) is 11.8 Å². The van der Waals surface area contributed by atoms with Crippen LogP contribution in [0.5, 0.6) is 0 Å². The number of hydrogen-bond donors (Lipinski definition) is 4. The van der Waals surface area contributed by atoms with Crippen LogP contribution in [0.15, 0.2) is 24.3 Å². The molecule has 18 heavy (non-hydrogen) atoms. The van der Waals surface area contributed by atoms with Crippen LogP contribution in [0.4, 0.5) is 0 Å². The van der Waals surface area contributed by atoms with Gasteiger partial charge < -0.3 is 22.9 Å². The van der Waals surface area contributed by atoms with E-state index in [1.807, 2.05) is 24.3 Å². The van der Waals surface area contributed by atoms with Gasteiger partial charge in [-0.2, -0.15) is 0 Å². The highest BCUT2D eigenvalue weighted by Gasteiger charge is 2.16. The van der Waals surface area contributed by atoms with Crippen LogP contribution in [0.3, 0.4) is 0 Å². The summed E-state index contributed by atoms with van der Waals surface area (Å²) in [5.41, 5.74) is 25.7. The Hall–Kier alpha value is -0.940. The normalized spacial score (nSPS) is 18.1. The zero-order valence-corrected chi connectivity index (χ0v) is 11.3. The molecule has 4 atom stereocenters. The van der Waals surface area contributed by atoms with Gasteiger partial charge in [-0.15, -0.1) is 0 Å². The number of benzene rings is 1. The molecule has 0 saturated heterocycles. The molecule has 1 aromatic rings. The molecule has 4 nitrogen and oxygen atoms in total. The molecule has 0 aromatic heterocycles. The van der Waals surface area contributed by atoms with Gasteiger partial charge in [0.2, 0.25) is 0 Å². The van der Waals surface area contributed by atoms with Gasteiger partial charge in [-0.3, -0.25) is 0 Å². The summed E-state index contributed by atoms with van der Waals surface area (Å²) in [6.07, 6.45) is 0. The van der Waals surface area contributed by atoms with E-state index in [1.165, 1.54) is 0 Å². The van der Waals surface area contributed by atoms with Crippen molar-refractivity contribution in [3.05, 3.63) is 35.4 Å². The maximum Gasteiger partial charge on any atom is 0.0332 e. The highest BCUT2D eigenvalue weighted by molar-refractivity contribution is 5.27. The first-order chi connectivity index (χ1) is 8.51. The van der Waals surface area contributed by atoms with Crippen molar-refractivity contribution in [2.45, 2.75) is 25.9 Å². The lowest BCUT2D eigenvalue weighted by atomic mass is 9.91. The molecule has 1 rings (SSSR count). The second kappa shape index (κ2) is 6.85. The molecule has 8 N–H and O–H groups in total. The molecule has 0 radical (unpaired) electrons. The minimum atomic E-state index is -0.0211. The van der Waals surface area contributed by atoms with Gasteiger partial charge in [0, 0.05) is 12.1 Å². The Morgan fingerprint density at radius 2 is 1.06 bits per heavy atom. The van der Waals surface area contributed by atoms with Crippen LogP contribution in [0.1, 0.15) is 37.1 Å². The Kier molecular flexibility index (Phi) is 5.75. The van der Waals surface area contributed by atoms with Gasteiger partial charge in [0.15, 0.2) is 0 Å². The zero-order chi connectivity index (χ0) is 13.7. The predicted octanol–water partition coefficient (Wildman–Crippen LogP) is 0.876. The Morgan fingerprint density at radius 1 is 0.778 bits per heavy atom. The molecular weight excluding hydrogens is 224 g/mol. The smallest absolute Gasteiger partial charge is 0.0332 e. The zero-order valence-electron chi connectivity index (χ0n) is 11.3. The predicted molar refractivity (Wildman–Crippen MR) is 76.7 cm³/mol. The SMILES string of the molecule is CC(CN)C(N)c1ccc(C(N)C(C)CN)cc1. The second-order valence-corrected chi connectivity index (χ2v) is 5.14. The fourth-order valence-corrected chi connectivity index (χ4v) is 1.89. The van der Waals surface area contributed by atoms with Gasteiger partial charge in [-0.25, -0.2) is 0 Å². The summed E-state index contributed by atoms with van der Waals surface area (Å²) in [4.78, 5) is 0. The molecule has 0 saturated carbocycles. The van der Waals surface area contributed by atoms with E-state index in [0.29, 0.717) is 13.1 Å². The van der Waals surface area contributed by atoms with E-state index >= 15 is 0 Å². The number of nitrogens with two attached hydrogens (primary N) is 4. The summed E-state index contributed by atoms with van der Waals surface area (Å²) >= 11 is 0. The van der Waals surface area contributed by atoms with Crippen molar-refractivity contribution in [1.82, 2.24) is 0 Å². The maximum atomic E-state index is 6.13. The molecule has 0 amide bonds. The summed E-state index contributed by atoms with van der Waals surface area (Å²) < 4.78 is 0. The minimum absolute atomic E-state index is 0.0211. The largest absolute Gasteiger partial charge is 0.330 e. The van der Waals surface area contributed by atoms with Gasteiger partial charge in [0.1, 0.15) is 0 Å². The van der Waals surface area contributed by atoms with E-state index in [9.17, 15) is 0 Å². The third kappa shape index (κ3) is 3.53. The molecule has 0 aliphatic rings. The van der Waals surface area contributed by atoms with Crippen molar-refractivity contribution in [3.63, 3.8) is 0 Å². The van der Waals surface area contributed by atoms with Crippen LogP contribution >= 0.6 is 0 Å². The molecule has 0 heterocycles. The summed E-state index contributed by atoms with van der Waals surface area (Å²) in [5, 5.41) is 0. The van der Waals surface area contributed by atoms with Gasteiger partial charge in [-0.05, 0) is 36.1 Å². The van der Waals surface area contributed by atoms with E-state index in [1.54, 1.807) is 0 Å². The highest BCUT2D eigenvalue weighted by Crippen LogP contribution is 2.23. The highest BCUT2D eigenvalue weighted by atomic mass is 14.7. The maximum absolute atomic E-state index is 6.13. The average Bonchev–Trinajstić information content (AvgIpc) is 2.44. The van der Waals surface area contributed by atoms with Crippen LogP contribution < -0.4 is 22.9 Å². The Bertz CT molecular complexity index is 314. The Morgan fingerprint density at radius 3 is 1.28 bits per heavy atom. The van der Waals surface area contributed by atoms with Crippen molar-refractivity contribution < 1.29 is 0 Å². The summed E-state index contributed by atoms with van der Waals surface area (Å²) in [5.74, 6) is 0.542. The molecule has 0 spiro atoms. The molecule has 4 unspecified atom stereocenters. The van der Waals surface area contributed by atoms with Crippen molar-refractivity contribution in [1.29, 1.82) is 0 Å². The minimum Gasteiger partial charge on any atom is -0.330 e. The van der Waals surface area contributed by atoms with E-state index in [2.05, 4.69) is 13.8 Å². The molecule has 1 aromatic carbocycles. The van der Waals surface area contributed by atoms with Crippen molar-refractivity contribution in [2.24, 2.45) is 34.8 Å². The van der Waals surface area contributed by atoms with Gasteiger partial charge in [0.25, 0.3) is 0 Å². The summed E-state index contributed by atoms with van der Waals surface area (Å²) in [6.45, 7) is 5.29. The third-order valence-corrected chi connectivity index (χ3v) is 3.68. The second-order valence-electron chi connectivity index (χ2n) is 5.14. The molecule has 102 valence electrons.